The Bertz CT molecular complexity index is 283. The van der Waals surface area contributed by atoms with E-state index in [2.05, 4.69) is 32.1 Å². The van der Waals surface area contributed by atoms with Gasteiger partial charge in [0, 0.05) is 7.11 Å². The van der Waals surface area contributed by atoms with Gasteiger partial charge in [-0.15, -0.1) is 0 Å². The molecule has 1 unspecified atom stereocenters. The van der Waals surface area contributed by atoms with Crippen molar-refractivity contribution in [2.45, 2.75) is 26.4 Å². The third-order valence-electron chi connectivity index (χ3n) is 2.20. The molecule has 0 N–H and O–H groups in total. The normalized spacial score (nSPS) is 12.2. The Kier molecular flexibility index (Phi) is 4.41. The van der Waals surface area contributed by atoms with E-state index in [-0.39, 0.29) is 6.10 Å². The lowest BCUT2D eigenvalue weighted by Gasteiger charge is -2.13. The first-order chi connectivity index (χ1) is 6.74. The van der Waals surface area contributed by atoms with Crippen LogP contribution in [0.3, 0.4) is 0 Å². The standard InChI is InChI=1S/C13H18O/c1-11(2)9-10-13(14-3)12-7-5-4-6-8-12/h4-9,13H,10H2,1-3H3. The molecule has 1 atom stereocenters. The zero-order valence-electron chi connectivity index (χ0n) is 9.16. The van der Waals surface area contributed by atoms with E-state index in [0.717, 1.165) is 6.42 Å². The van der Waals surface area contributed by atoms with Crippen LogP contribution in [0.15, 0.2) is 42.0 Å². The third-order valence-corrected chi connectivity index (χ3v) is 2.20. The number of hydrogen-bond acceptors (Lipinski definition) is 1. The van der Waals surface area contributed by atoms with Crippen molar-refractivity contribution in [3.63, 3.8) is 0 Å². The van der Waals surface area contributed by atoms with Gasteiger partial charge < -0.3 is 4.74 Å². The van der Waals surface area contributed by atoms with Crippen molar-refractivity contribution in [2.24, 2.45) is 0 Å². The van der Waals surface area contributed by atoms with E-state index >= 15 is 0 Å². The summed E-state index contributed by atoms with van der Waals surface area (Å²) >= 11 is 0. The van der Waals surface area contributed by atoms with Gasteiger partial charge in [-0.3, -0.25) is 0 Å². The summed E-state index contributed by atoms with van der Waals surface area (Å²) in [4.78, 5) is 0. The highest BCUT2D eigenvalue weighted by molar-refractivity contribution is 5.18. The molecule has 0 heterocycles. The van der Waals surface area contributed by atoms with Crippen molar-refractivity contribution < 1.29 is 4.74 Å². The lowest BCUT2D eigenvalue weighted by molar-refractivity contribution is 0.106. The molecule has 1 heteroatoms. The Morgan fingerprint density at radius 1 is 1.29 bits per heavy atom. The van der Waals surface area contributed by atoms with Crippen LogP contribution in [-0.2, 0) is 4.74 Å². The second-order valence-corrected chi connectivity index (χ2v) is 3.65. The van der Waals surface area contributed by atoms with Crippen LogP contribution in [0.2, 0.25) is 0 Å². The maximum absolute atomic E-state index is 5.44. The smallest absolute Gasteiger partial charge is 0.0855 e. The summed E-state index contributed by atoms with van der Waals surface area (Å²) in [5.74, 6) is 0. The van der Waals surface area contributed by atoms with E-state index in [1.54, 1.807) is 7.11 Å². The zero-order chi connectivity index (χ0) is 10.4. The maximum atomic E-state index is 5.44. The molecule has 0 aliphatic carbocycles. The van der Waals surface area contributed by atoms with Gasteiger partial charge >= 0.3 is 0 Å². The Morgan fingerprint density at radius 2 is 1.93 bits per heavy atom. The average molecular weight is 190 g/mol. The van der Waals surface area contributed by atoms with Gasteiger partial charge in [0.2, 0.25) is 0 Å². The topological polar surface area (TPSA) is 9.23 Å². The Labute approximate surface area is 86.4 Å². The molecule has 0 amide bonds. The monoisotopic (exact) mass is 190 g/mol. The van der Waals surface area contributed by atoms with Crippen LogP contribution < -0.4 is 0 Å². The Morgan fingerprint density at radius 3 is 2.43 bits per heavy atom. The quantitative estimate of drug-likeness (QED) is 0.657. The van der Waals surface area contributed by atoms with E-state index in [1.807, 2.05) is 18.2 Å². The fourth-order valence-electron chi connectivity index (χ4n) is 1.38. The van der Waals surface area contributed by atoms with Gasteiger partial charge in [-0.2, -0.15) is 0 Å². The summed E-state index contributed by atoms with van der Waals surface area (Å²) in [5, 5.41) is 0. The van der Waals surface area contributed by atoms with Gasteiger partial charge in [-0.25, -0.2) is 0 Å². The fraction of sp³-hybridized carbons (Fsp3) is 0.385. The molecule has 0 bridgehead atoms. The van der Waals surface area contributed by atoms with Gasteiger partial charge in [0.05, 0.1) is 6.10 Å². The summed E-state index contributed by atoms with van der Waals surface area (Å²) in [6.07, 6.45) is 3.34. The fourth-order valence-corrected chi connectivity index (χ4v) is 1.38. The van der Waals surface area contributed by atoms with Crippen LogP contribution in [0.1, 0.15) is 31.9 Å². The number of ether oxygens (including phenoxy) is 1. The van der Waals surface area contributed by atoms with Crippen molar-refractivity contribution in [3.05, 3.63) is 47.5 Å². The Balaban J connectivity index is 2.68. The van der Waals surface area contributed by atoms with Crippen LogP contribution in [0.25, 0.3) is 0 Å². The van der Waals surface area contributed by atoms with E-state index in [9.17, 15) is 0 Å². The van der Waals surface area contributed by atoms with Crippen LogP contribution in [0.4, 0.5) is 0 Å². The van der Waals surface area contributed by atoms with Gasteiger partial charge in [0.1, 0.15) is 0 Å². The molecule has 0 saturated heterocycles. The first kappa shape index (κ1) is 11.0. The summed E-state index contributed by atoms with van der Waals surface area (Å²) < 4.78 is 5.44. The van der Waals surface area contributed by atoms with Crippen LogP contribution in [0.5, 0.6) is 0 Å². The molecule has 1 aromatic rings. The molecule has 0 spiro atoms. The van der Waals surface area contributed by atoms with Crippen LogP contribution >= 0.6 is 0 Å². The SMILES string of the molecule is COC(CC=C(C)C)c1ccccc1. The minimum atomic E-state index is 0.186. The van der Waals surface area contributed by atoms with E-state index in [4.69, 9.17) is 4.74 Å². The predicted octanol–water partition coefficient (Wildman–Crippen LogP) is 3.73. The molecule has 1 nitrogen and oxygen atoms in total. The van der Waals surface area contributed by atoms with Crippen LogP contribution in [-0.4, -0.2) is 7.11 Å². The van der Waals surface area contributed by atoms with Gasteiger partial charge in [0.15, 0.2) is 0 Å². The first-order valence-corrected chi connectivity index (χ1v) is 4.95. The summed E-state index contributed by atoms with van der Waals surface area (Å²) in [5.41, 5.74) is 2.58. The lowest BCUT2D eigenvalue weighted by atomic mass is 10.1. The van der Waals surface area contributed by atoms with Crippen molar-refractivity contribution in [1.29, 1.82) is 0 Å². The molecule has 0 aliphatic heterocycles. The summed E-state index contributed by atoms with van der Waals surface area (Å²) in [6, 6.07) is 10.3. The molecule has 0 aromatic heterocycles. The van der Waals surface area contributed by atoms with Crippen LogP contribution in [0, 0.1) is 0 Å². The highest BCUT2D eigenvalue weighted by atomic mass is 16.5. The number of rotatable bonds is 4. The first-order valence-electron chi connectivity index (χ1n) is 4.95. The molecule has 0 fully saturated rings. The molecule has 0 radical (unpaired) electrons. The van der Waals surface area contributed by atoms with Crippen molar-refractivity contribution in [2.75, 3.05) is 7.11 Å². The van der Waals surface area contributed by atoms with Gasteiger partial charge in [-0.05, 0) is 25.8 Å². The lowest BCUT2D eigenvalue weighted by Crippen LogP contribution is -1.99. The second-order valence-electron chi connectivity index (χ2n) is 3.65. The predicted molar refractivity (Wildman–Crippen MR) is 60.2 cm³/mol. The summed E-state index contributed by atoms with van der Waals surface area (Å²) in [6.45, 7) is 4.22. The largest absolute Gasteiger partial charge is 0.376 e. The van der Waals surface area contributed by atoms with Crippen molar-refractivity contribution in [3.8, 4) is 0 Å². The molecule has 1 rings (SSSR count). The molecular weight excluding hydrogens is 172 g/mol. The molecular formula is C13H18O. The molecule has 76 valence electrons. The minimum Gasteiger partial charge on any atom is -0.376 e. The Hall–Kier alpha value is -1.08. The van der Waals surface area contributed by atoms with E-state index < -0.39 is 0 Å². The van der Waals surface area contributed by atoms with Crippen molar-refractivity contribution >= 4 is 0 Å². The van der Waals surface area contributed by atoms with Gasteiger partial charge in [0.25, 0.3) is 0 Å². The minimum absolute atomic E-state index is 0.186. The van der Waals surface area contributed by atoms with Gasteiger partial charge in [-0.1, -0.05) is 42.0 Å². The molecule has 1 aromatic carbocycles. The maximum Gasteiger partial charge on any atom is 0.0855 e. The molecule has 14 heavy (non-hydrogen) atoms. The highest BCUT2D eigenvalue weighted by Crippen LogP contribution is 2.20. The third kappa shape index (κ3) is 3.35. The zero-order valence-corrected chi connectivity index (χ0v) is 9.16. The average Bonchev–Trinajstić information content (AvgIpc) is 2.20. The van der Waals surface area contributed by atoms with E-state index in [1.165, 1.54) is 11.1 Å². The highest BCUT2D eigenvalue weighted by Gasteiger charge is 2.06. The summed E-state index contributed by atoms with van der Waals surface area (Å²) in [7, 11) is 1.76. The number of allylic oxidation sites excluding steroid dienone is 1. The molecule has 0 aliphatic rings. The number of hydrogen-bond donors (Lipinski definition) is 0. The molecule has 0 saturated carbocycles. The second kappa shape index (κ2) is 5.61. The number of benzene rings is 1. The van der Waals surface area contributed by atoms with Crippen molar-refractivity contribution in [1.82, 2.24) is 0 Å². The van der Waals surface area contributed by atoms with E-state index in [0.29, 0.717) is 0 Å². The number of methoxy groups -OCH3 is 1.